The van der Waals surface area contributed by atoms with Crippen LogP contribution in [0.1, 0.15) is 20.7 Å². The van der Waals surface area contributed by atoms with E-state index in [-0.39, 0.29) is 0 Å². The first-order valence-electron chi connectivity index (χ1n) is 8.78. The molecule has 4 heteroatoms. The molecule has 0 unspecified atom stereocenters. The van der Waals surface area contributed by atoms with Gasteiger partial charge in [0, 0.05) is 5.39 Å². The summed E-state index contributed by atoms with van der Waals surface area (Å²) in [5.41, 5.74) is 0.703. The summed E-state index contributed by atoms with van der Waals surface area (Å²) in [6.07, 6.45) is 0. The number of hydrogen-bond donors (Lipinski definition) is 0. The van der Waals surface area contributed by atoms with Crippen molar-refractivity contribution < 1.29 is 19.1 Å². The molecule has 0 heterocycles. The predicted molar refractivity (Wildman–Crippen MR) is 107 cm³/mol. The van der Waals surface area contributed by atoms with Crippen LogP contribution >= 0.6 is 0 Å². The van der Waals surface area contributed by atoms with Crippen LogP contribution in [0.3, 0.4) is 0 Å². The predicted octanol–water partition coefficient (Wildman–Crippen LogP) is 5.28. The van der Waals surface area contributed by atoms with Gasteiger partial charge in [0.15, 0.2) is 0 Å². The molecule has 0 atom stereocenters. The summed E-state index contributed by atoms with van der Waals surface area (Å²) in [7, 11) is 0. The van der Waals surface area contributed by atoms with Crippen molar-refractivity contribution in [3.05, 3.63) is 108 Å². The Labute approximate surface area is 162 Å². The summed E-state index contributed by atoms with van der Waals surface area (Å²) >= 11 is 0. The maximum absolute atomic E-state index is 12.5. The summed E-state index contributed by atoms with van der Waals surface area (Å²) in [4.78, 5) is 24.7. The molecule has 0 aromatic heterocycles. The number of carbonyl (C=O) groups is 2. The van der Waals surface area contributed by atoms with E-state index >= 15 is 0 Å². The van der Waals surface area contributed by atoms with Crippen LogP contribution in [-0.2, 0) is 0 Å². The average Bonchev–Trinajstić information content (AvgIpc) is 2.75. The Morgan fingerprint density at radius 3 is 1.82 bits per heavy atom. The fourth-order valence-electron chi connectivity index (χ4n) is 2.84. The van der Waals surface area contributed by atoms with Crippen molar-refractivity contribution in [3.63, 3.8) is 0 Å². The molecule has 0 aliphatic carbocycles. The second kappa shape index (κ2) is 7.76. The summed E-state index contributed by atoms with van der Waals surface area (Å²) in [5, 5.41) is 1.85. The Morgan fingerprint density at radius 1 is 0.536 bits per heavy atom. The molecule has 0 spiro atoms. The highest BCUT2D eigenvalue weighted by Gasteiger charge is 2.13. The number of benzene rings is 4. The molecule has 136 valence electrons. The standard InChI is InChI=1S/C24H16O4/c25-23(27-20-9-2-1-3-10-20)18-13-15-19(16-14-18)24(26)28-22-12-6-8-17-7-4-5-11-21(17)22/h1-16H. The summed E-state index contributed by atoms with van der Waals surface area (Å²) in [5.74, 6) is -0.0119. The lowest BCUT2D eigenvalue weighted by Gasteiger charge is -2.08. The zero-order valence-corrected chi connectivity index (χ0v) is 14.9. The molecule has 0 N–H and O–H groups in total. The smallest absolute Gasteiger partial charge is 0.343 e. The van der Waals surface area contributed by atoms with Crippen molar-refractivity contribution in [2.45, 2.75) is 0 Å². The topological polar surface area (TPSA) is 52.6 Å². The van der Waals surface area contributed by atoms with Gasteiger partial charge in [0.05, 0.1) is 11.1 Å². The highest BCUT2D eigenvalue weighted by atomic mass is 16.5. The van der Waals surface area contributed by atoms with Crippen LogP contribution < -0.4 is 9.47 Å². The molecular formula is C24H16O4. The van der Waals surface area contributed by atoms with Crippen LogP contribution in [0, 0.1) is 0 Å². The molecule has 28 heavy (non-hydrogen) atoms. The van der Waals surface area contributed by atoms with E-state index in [1.807, 2.05) is 42.5 Å². The van der Waals surface area contributed by atoms with Crippen LogP contribution in [0.2, 0.25) is 0 Å². The molecule has 0 amide bonds. The lowest BCUT2D eigenvalue weighted by Crippen LogP contribution is -2.11. The molecule has 4 aromatic rings. The normalized spacial score (nSPS) is 10.4. The number of hydrogen-bond acceptors (Lipinski definition) is 4. The van der Waals surface area contributed by atoms with Crippen LogP contribution in [0.25, 0.3) is 10.8 Å². The number of fused-ring (bicyclic) bond motifs is 1. The van der Waals surface area contributed by atoms with Gasteiger partial charge in [-0.05, 0) is 47.9 Å². The van der Waals surface area contributed by atoms with Gasteiger partial charge in [0.2, 0.25) is 0 Å². The van der Waals surface area contributed by atoms with E-state index in [2.05, 4.69) is 0 Å². The molecule has 0 bridgehead atoms. The molecule has 0 saturated carbocycles. The van der Waals surface area contributed by atoms with Gasteiger partial charge in [0.25, 0.3) is 0 Å². The van der Waals surface area contributed by atoms with Crippen LogP contribution in [0.4, 0.5) is 0 Å². The van der Waals surface area contributed by atoms with Crippen molar-refractivity contribution >= 4 is 22.7 Å². The molecule has 0 aliphatic rings. The molecule has 4 nitrogen and oxygen atoms in total. The van der Waals surface area contributed by atoms with Crippen LogP contribution in [0.15, 0.2) is 97.1 Å². The van der Waals surface area contributed by atoms with Crippen molar-refractivity contribution in [2.24, 2.45) is 0 Å². The van der Waals surface area contributed by atoms with E-state index in [1.165, 1.54) is 0 Å². The van der Waals surface area contributed by atoms with Gasteiger partial charge in [-0.2, -0.15) is 0 Å². The van der Waals surface area contributed by atoms with E-state index in [0.717, 1.165) is 10.8 Å². The van der Waals surface area contributed by atoms with Crippen LogP contribution in [-0.4, -0.2) is 11.9 Å². The van der Waals surface area contributed by atoms with Gasteiger partial charge >= 0.3 is 11.9 Å². The molecule has 0 aliphatic heterocycles. The fraction of sp³-hybridized carbons (Fsp3) is 0. The van der Waals surface area contributed by atoms with Gasteiger partial charge in [-0.15, -0.1) is 0 Å². The zero-order chi connectivity index (χ0) is 19.3. The summed E-state index contributed by atoms with van der Waals surface area (Å²) in [6.45, 7) is 0. The molecular weight excluding hydrogens is 352 g/mol. The Kier molecular flexibility index (Phi) is 4.85. The Morgan fingerprint density at radius 2 is 1.11 bits per heavy atom. The van der Waals surface area contributed by atoms with Gasteiger partial charge in [0.1, 0.15) is 11.5 Å². The summed E-state index contributed by atoms with van der Waals surface area (Å²) < 4.78 is 10.8. The first kappa shape index (κ1) is 17.5. The number of esters is 2. The number of carbonyl (C=O) groups excluding carboxylic acids is 2. The largest absolute Gasteiger partial charge is 0.423 e. The van der Waals surface area contributed by atoms with E-state index in [1.54, 1.807) is 54.6 Å². The highest BCUT2D eigenvalue weighted by molar-refractivity contribution is 5.97. The maximum Gasteiger partial charge on any atom is 0.343 e. The number of para-hydroxylation sites is 1. The quantitative estimate of drug-likeness (QED) is 0.363. The first-order chi connectivity index (χ1) is 13.7. The van der Waals surface area contributed by atoms with E-state index in [0.29, 0.717) is 22.6 Å². The molecule has 4 rings (SSSR count). The van der Waals surface area contributed by atoms with Crippen molar-refractivity contribution in [3.8, 4) is 11.5 Å². The van der Waals surface area contributed by atoms with E-state index in [4.69, 9.17) is 9.47 Å². The van der Waals surface area contributed by atoms with Crippen molar-refractivity contribution in [1.29, 1.82) is 0 Å². The summed E-state index contributed by atoms with van der Waals surface area (Å²) in [6, 6.07) is 28.3. The first-order valence-corrected chi connectivity index (χ1v) is 8.78. The SMILES string of the molecule is O=C(Oc1ccccc1)c1ccc(C(=O)Oc2cccc3ccccc23)cc1. The Hall–Kier alpha value is -3.92. The lowest BCUT2D eigenvalue weighted by atomic mass is 10.1. The Balaban J connectivity index is 1.49. The fourth-order valence-corrected chi connectivity index (χ4v) is 2.84. The lowest BCUT2D eigenvalue weighted by molar-refractivity contribution is 0.0721. The van der Waals surface area contributed by atoms with Gasteiger partial charge < -0.3 is 9.47 Å². The third kappa shape index (κ3) is 3.76. The van der Waals surface area contributed by atoms with Crippen LogP contribution in [0.5, 0.6) is 11.5 Å². The number of rotatable bonds is 4. The van der Waals surface area contributed by atoms with Gasteiger partial charge in [-0.3, -0.25) is 0 Å². The maximum atomic E-state index is 12.5. The van der Waals surface area contributed by atoms with Gasteiger partial charge in [-0.25, -0.2) is 9.59 Å². The molecule has 0 radical (unpaired) electrons. The van der Waals surface area contributed by atoms with E-state index < -0.39 is 11.9 Å². The minimum Gasteiger partial charge on any atom is -0.423 e. The monoisotopic (exact) mass is 368 g/mol. The Bertz CT molecular complexity index is 1130. The van der Waals surface area contributed by atoms with Crippen molar-refractivity contribution in [1.82, 2.24) is 0 Å². The molecule has 4 aromatic carbocycles. The molecule has 0 saturated heterocycles. The minimum atomic E-state index is -0.487. The molecule has 0 fully saturated rings. The minimum absolute atomic E-state index is 0.351. The third-order valence-electron chi connectivity index (χ3n) is 4.26. The second-order valence-corrected chi connectivity index (χ2v) is 6.15. The van der Waals surface area contributed by atoms with Crippen molar-refractivity contribution in [2.75, 3.05) is 0 Å². The third-order valence-corrected chi connectivity index (χ3v) is 4.26. The highest BCUT2D eigenvalue weighted by Crippen LogP contribution is 2.26. The van der Waals surface area contributed by atoms with Gasteiger partial charge in [-0.1, -0.05) is 54.6 Å². The number of ether oxygens (including phenoxy) is 2. The zero-order valence-electron chi connectivity index (χ0n) is 14.9. The van der Waals surface area contributed by atoms with E-state index in [9.17, 15) is 9.59 Å². The average molecular weight is 368 g/mol. The second-order valence-electron chi connectivity index (χ2n) is 6.15.